The molecule has 7 heteroatoms. The molecular formula is C13H8N4O3. The molecule has 0 unspecified atom stereocenters. The molecule has 20 heavy (non-hydrogen) atoms. The van der Waals surface area contributed by atoms with E-state index in [9.17, 15) is 4.79 Å². The van der Waals surface area contributed by atoms with Crippen molar-refractivity contribution in [3.63, 3.8) is 0 Å². The van der Waals surface area contributed by atoms with Crippen LogP contribution in [0.25, 0.3) is 0 Å². The molecule has 1 aromatic heterocycles. The van der Waals surface area contributed by atoms with Crippen molar-refractivity contribution in [3.8, 4) is 12.1 Å². The first kappa shape index (κ1) is 13.1. The lowest BCUT2D eigenvalue weighted by atomic mass is 10.1. The van der Waals surface area contributed by atoms with Gasteiger partial charge in [0.25, 0.3) is 0 Å². The van der Waals surface area contributed by atoms with Crippen LogP contribution in [0.3, 0.4) is 0 Å². The zero-order valence-corrected chi connectivity index (χ0v) is 10.1. The van der Waals surface area contributed by atoms with Gasteiger partial charge in [-0.25, -0.2) is 4.79 Å². The smallest absolute Gasteiger partial charge is 0.358 e. The summed E-state index contributed by atoms with van der Waals surface area (Å²) in [7, 11) is 0. The van der Waals surface area contributed by atoms with E-state index < -0.39 is 5.97 Å². The quantitative estimate of drug-likeness (QED) is 0.865. The number of hydrogen-bond acceptors (Lipinski definition) is 6. The maximum atomic E-state index is 10.6. The average molecular weight is 268 g/mol. The second kappa shape index (κ2) is 5.55. The maximum absolute atomic E-state index is 10.6. The molecule has 98 valence electrons. The Balaban J connectivity index is 2.09. The number of nitrogens with zero attached hydrogens (tertiary/aromatic N) is 3. The summed E-state index contributed by atoms with van der Waals surface area (Å²) in [6.07, 6.45) is 0. The molecule has 0 fully saturated rings. The first-order valence-corrected chi connectivity index (χ1v) is 5.51. The Bertz CT molecular complexity index is 737. The Kier molecular flexibility index (Phi) is 3.64. The summed E-state index contributed by atoms with van der Waals surface area (Å²) >= 11 is 0. The molecule has 2 N–H and O–H groups in total. The molecule has 0 bridgehead atoms. The van der Waals surface area contributed by atoms with Gasteiger partial charge in [0.1, 0.15) is 12.1 Å². The number of hydrogen-bond donors (Lipinski definition) is 2. The van der Waals surface area contributed by atoms with Gasteiger partial charge in [-0.05, 0) is 18.2 Å². The molecule has 1 aromatic carbocycles. The number of benzene rings is 1. The normalized spacial score (nSPS) is 9.50. The summed E-state index contributed by atoms with van der Waals surface area (Å²) in [6.45, 7) is 0.219. The third kappa shape index (κ3) is 2.74. The third-order valence-electron chi connectivity index (χ3n) is 2.51. The van der Waals surface area contributed by atoms with Crippen molar-refractivity contribution in [2.75, 3.05) is 5.32 Å². The van der Waals surface area contributed by atoms with Gasteiger partial charge in [0.05, 0.1) is 17.7 Å². The van der Waals surface area contributed by atoms with Gasteiger partial charge in [0.2, 0.25) is 0 Å². The highest BCUT2D eigenvalue weighted by molar-refractivity contribution is 5.85. The number of carboxylic acids is 1. The summed E-state index contributed by atoms with van der Waals surface area (Å²) in [6, 6.07) is 9.87. The van der Waals surface area contributed by atoms with E-state index >= 15 is 0 Å². The fraction of sp³-hybridized carbons (Fsp3) is 0.0769. The standard InChI is InChI=1S/C13H8N4O3/c14-5-8-1-2-10(3-9(8)6-15)16-7-11-4-12(13(18)19)17-20-11/h1-4,16H,7H2,(H,18,19). The first-order chi connectivity index (χ1) is 9.63. The van der Waals surface area contributed by atoms with E-state index in [2.05, 4.69) is 10.5 Å². The minimum absolute atomic E-state index is 0.167. The Morgan fingerprint density at radius 3 is 2.65 bits per heavy atom. The van der Waals surface area contributed by atoms with E-state index in [1.54, 1.807) is 6.07 Å². The molecule has 0 atom stereocenters. The van der Waals surface area contributed by atoms with Gasteiger partial charge in [-0.2, -0.15) is 10.5 Å². The van der Waals surface area contributed by atoms with Gasteiger partial charge in [0.15, 0.2) is 11.5 Å². The van der Waals surface area contributed by atoms with Crippen molar-refractivity contribution >= 4 is 11.7 Å². The summed E-state index contributed by atoms with van der Waals surface area (Å²) in [5.74, 6) is -0.810. The molecule has 0 saturated heterocycles. The van der Waals surface area contributed by atoms with Crippen molar-refractivity contribution in [1.82, 2.24) is 5.16 Å². The monoisotopic (exact) mass is 268 g/mol. The van der Waals surface area contributed by atoms with Gasteiger partial charge in [0, 0.05) is 11.8 Å². The summed E-state index contributed by atoms with van der Waals surface area (Å²) < 4.78 is 4.84. The minimum atomic E-state index is -1.16. The zero-order valence-electron chi connectivity index (χ0n) is 10.1. The number of carbonyl (C=O) groups is 1. The van der Waals surface area contributed by atoms with E-state index in [0.29, 0.717) is 17.0 Å². The van der Waals surface area contributed by atoms with Crippen LogP contribution in [0.2, 0.25) is 0 Å². The van der Waals surface area contributed by atoms with E-state index in [0.717, 1.165) is 0 Å². The molecule has 0 aliphatic heterocycles. The highest BCUT2D eigenvalue weighted by Gasteiger charge is 2.10. The summed E-state index contributed by atoms with van der Waals surface area (Å²) in [5, 5.41) is 32.7. The minimum Gasteiger partial charge on any atom is -0.476 e. The molecule has 0 aliphatic carbocycles. The molecule has 0 radical (unpaired) electrons. The van der Waals surface area contributed by atoms with Crippen molar-refractivity contribution in [1.29, 1.82) is 10.5 Å². The van der Waals surface area contributed by atoms with Crippen LogP contribution < -0.4 is 5.32 Å². The number of rotatable bonds is 4. The number of aromatic carboxylic acids is 1. The Hall–Kier alpha value is -3.32. The molecule has 0 amide bonds. The fourth-order valence-electron chi connectivity index (χ4n) is 1.53. The van der Waals surface area contributed by atoms with Gasteiger partial charge in [-0.3, -0.25) is 0 Å². The molecule has 0 saturated carbocycles. The molecule has 2 aromatic rings. The van der Waals surface area contributed by atoms with E-state index in [-0.39, 0.29) is 17.8 Å². The second-order valence-corrected chi connectivity index (χ2v) is 3.82. The zero-order chi connectivity index (χ0) is 14.5. The molecule has 0 aliphatic rings. The van der Waals surface area contributed by atoms with Gasteiger partial charge >= 0.3 is 5.97 Å². The van der Waals surface area contributed by atoms with Crippen molar-refractivity contribution in [2.45, 2.75) is 6.54 Å². The predicted molar refractivity (Wildman–Crippen MR) is 66.7 cm³/mol. The van der Waals surface area contributed by atoms with E-state index in [4.69, 9.17) is 20.2 Å². The van der Waals surface area contributed by atoms with Crippen LogP contribution in [0.4, 0.5) is 5.69 Å². The van der Waals surface area contributed by atoms with Crippen LogP contribution in [-0.4, -0.2) is 16.2 Å². The van der Waals surface area contributed by atoms with E-state index in [1.807, 2.05) is 12.1 Å². The largest absolute Gasteiger partial charge is 0.476 e. The second-order valence-electron chi connectivity index (χ2n) is 3.82. The fourth-order valence-corrected chi connectivity index (χ4v) is 1.53. The third-order valence-corrected chi connectivity index (χ3v) is 2.51. The lowest BCUT2D eigenvalue weighted by Crippen LogP contribution is -1.99. The van der Waals surface area contributed by atoms with Crippen LogP contribution in [0.5, 0.6) is 0 Å². The van der Waals surface area contributed by atoms with Crippen LogP contribution >= 0.6 is 0 Å². The number of anilines is 1. The van der Waals surface area contributed by atoms with Crippen LogP contribution in [0, 0.1) is 22.7 Å². The number of carboxylic acid groups (broad SMARTS) is 1. The lowest BCUT2D eigenvalue weighted by Gasteiger charge is -2.04. The summed E-state index contributed by atoms with van der Waals surface area (Å²) in [5.41, 5.74) is 1.01. The maximum Gasteiger partial charge on any atom is 0.358 e. The number of nitrogens with one attached hydrogen (secondary N) is 1. The van der Waals surface area contributed by atoms with Crippen LogP contribution in [-0.2, 0) is 6.54 Å². The average Bonchev–Trinajstić information content (AvgIpc) is 2.94. The van der Waals surface area contributed by atoms with Gasteiger partial charge < -0.3 is 14.9 Å². The first-order valence-electron chi connectivity index (χ1n) is 5.51. The number of aromatic nitrogens is 1. The highest BCUT2D eigenvalue weighted by Crippen LogP contribution is 2.16. The predicted octanol–water partition coefficient (Wildman–Crippen LogP) is 1.73. The lowest BCUT2D eigenvalue weighted by molar-refractivity contribution is 0.0685. The van der Waals surface area contributed by atoms with E-state index in [1.165, 1.54) is 18.2 Å². The number of nitriles is 2. The van der Waals surface area contributed by atoms with Crippen LogP contribution in [0.1, 0.15) is 27.4 Å². The Morgan fingerprint density at radius 1 is 1.30 bits per heavy atom. The topological polar surface area (TPSA) is 123 Å². The van der Waals surface area contributed by atoms with Gasteiger partial charge in [-0.1, -0.05) is 5.16 Å². The Labute approximate surface area is 113 Å². The summed E-state index contributed by atoms with van der Waals surface area (Å²) in [4.78, 5) is 10.6. The molecule has 2 rings (SSSR count). The van der Waals surface area contributed by atoms with Gasteiger partial charge in [-0.15, -0.1) is 0 Å². The van der Waals surface area contributed by atoms with Crippen molar-refractivity contribution in [3.05, 3.63) is 46.8 Å². The molecule has 0 spiro atoms. The highest BCUT2D eigenvalue weighted by atomic mass is 16.5. The Morgan fingerprint density at radius 2 is 2.05 bits per heavy atom. The van der Waals surface area contributed by atoms with Crippen molar-refractivity contribution in [2.24, 2.45) is 0 Å². The SMILES string of the molecule is N#Cc1ccc(NCc2cc(C(=O)O)no2)cc1C#N. The molecule has 7 nitrogen and oxygen atoms in total. The molecule has 1 heterocycles. The van der Waals surface area contributed by atoms with Crippen molar-refractivity contribution < 1.29 is 14.4 Å². The molecular weight excluding hydrogens is 260 g/mol. The van der Waals surface area contributed by atoms with Crippen LogP contribution in [0.15, 0.2) is 28.8 Å².